The summed E-state index contributed by atoms with van der Waals surface area (Å²) in [7, 11) is 0. The molecule has 19 heavy (non-hydrogen) atoms. The summed E-state index contributed by atoms with van der Waals surface area (Å²) in [5.74, 6) is 0.255. The number of nitrogens with one attached hydrogen (secondary N) is 1. The van der Waals surface area contributed by atoms with E-state index in [4.69, 9.17) is 10.2 Å². The van der Waals surface area contributed by atoms with Gasteiger partial charge in [0.25, 0.3) is 0 Å². The molecule has 3 rings (SSSR count). The van der Waals surface area contributed by atoms with Crippen molar-refractivity contribution in [1.82, 2.24) is 5.32 Å². The molecule has 1 aliphatic rings. The minimum absolute atomic E-state index is 0.121. The van der Waals surface area contributed by atoms with Gasteiger partial charge in [-0.1, -0.05) is 18.2 Å². The minimum atomic E-state index is 0.121. The summed E-state index contributed by atoms with van der Waals surface area (Å²) >= 11 is 0. The molecule has 4 nitrogen and oxygen atoms in total. The van der Waals surface area contributed by atoms with E-state index in [1.807, 2.05) is 24.3 Å². The molecular weight excluding hydrogens is 240 g/mol. The molecule has 0 bridgehead atoms. The van der Waals surface area contributed by atoms with Gasteiger partial charge in [-0.05, 0) is 30.9 Å². The summed E-state index contributed by atoms with van der Waals surface area (Å²) in [5.41, 5.74) is 7.72. The molecule has 1 aliphatic carbocycles. The van der Waals surface area contributed by atoms with E-state index in [1.54, 1.807) is 6.26 Å². The molecule has 0 atom stereocenters. The standard InChI is InChI=1S/C15H18N2O2/c16-12-7-11(8-12)15(18)17-6-5-10-9-19-14-4-2-1-3-13(10)14/h1-4,9,11-12H,5-8,16H2,(H,17,18). The second-order valence-electron chi connectivity index (χ2n) is 5.23. The zero-order chi connectivity index (χ0) is 13.2. The third-order valence-electron chi connectivity index (χ3n) is 3.80. The van der Waals surface area contributed by atoms with Gasteiger partial charge in [-0.15, -0.1) is 0 Å². The van der Waals surface area contributed by atoms with Crippen molar-refractivity contribution in [3.63, 3.8) is 0 Å². The first-order valence-electron chi connectivity index (χ1n) is 6.72. The van der Waals surface area contributed by atoms with E-state index < -0.39 is 0 Å². The van der Waals surface area contributed by atoms with Crippen molar-refractivity contribution in [2.24, 2.45) is 11.7 Å². The van der Waals surface area contributed by atoms with Gasteiger partial charge in [-0.2, -0.15) is 0 Å². The highest BCUT2D eigenvalue weighted by Crippen LogP contribution is 2.25. The van der Waals surface area contributed by atoms with Gasteiger partial charge in [-0.25, -0.2) is 0 Å². The van der Waals surface area contributed by atoms with Crippen molar-refractivity contribution in [2.75, 3.05) is 6.54 Å². The average molecular weight is 258 g/mol. The first-order chi connectivity index (χ1) is 9.24. The summed E-state index contributed by atoms with van der Waals surface area (Å²) < 4.78 is 5.47. The molecule has 1 saturated carbocycles. The molecule has 1 aromatic heterocycles. The van der Waals surface area contributed by atoms with E-state index >= 15 is 0 Å². The fourth-order valence-corrected chi connectivity index (χ4v) is 2.57. The summed E-state index contributed by atoms with van der Waals surface area (Å²) in [5, 5.41) is 4.10. The predicted octanol–water partition coefficient (Wildman–Crippen LogP) is 1.83. The van der Waals surface area contributed by atoms with Gasteiger partial charge < -0.3 is 15.5 Å². The Morgan fingerprint density at radius 1 is 1.37 bits per heavy atom. The molecule has 1 fully saturated rings. The number of furan rings is 1. The zero-order valence-corrected chi connectivity index (χ0v) is 10.8. The van der Waals surface area contributed by atoms with Crippen molar-refractivity contribution in [2.45, 2.75) is 25.3 Å². The number of carbonyl (C=O) groups excluding carboxylic acids is 1. The van der Waals surface area contributed by atoms with Gasteiger partial charge in [0.05, 0.1) is 6.26 Å². The van der Waals surface area contributed by atoms with Crippen molar-refractivity contribution < 1.29 is 9.21 Å². The van der Waals surface area contributed by atoms with E-state index in [2.05, 4.69) is 5.32 Å². The number of fused-ring (bicyclic) bond motifs is 1. The molecule has 0 radical (unpaired) electrons. The number of para-hydroxylation sites is 1. The van der Waals surface area contributed by atoms with Crippen LogP contribution in [-0.4, -0.2) is 18.5 Å². The lowest BCUT2D eigenvalue weighted by Crippen LogP contribution is -2.45. The van der Waals surface area contributed by atoms with Crippen LogP contribution in [-0.2, 0) is 11.2 Å². The third kappa shape index (κ3) is 2.49. The number of hydrogen-bond donors (Lipinski definition) is 2. The molecule has 0 saturated heterocycles. The van der Waals surface area contributed by atoms with E-state index in [0.29, 0.717) is 6.54 Å². The van der Waals surface area contributed by atoms with Gasteiger partial charge in [0.15, 0.2) is 0 Å². The van der Waals surface area contributed by atoms with E-state index in [-0.39, 0.29) is 17.9 Å². The van der Waals surface area contributed by atoms with Gasteiger partial charge in [0.2, 0.25) is 5.91 Å². The number of carbonyl (C=O) groups is 1. The lowest BCUT2D eigenvalue weighted by atomic mass is 9.80. The van der Waals surface area contributed by atoms with Crippen LogP contribution in [0.3, 0.4) is 0 Å². The molecule has 3 N–H and O–H groups in total. The summed E-state index contributed by atoms with van der Waals surface area (Å²) in [6, 6.07) is 8.16. The van der Waals surface area contributed by atoms with Crippen molar-refractivity contribution in [3.05, 3.63) is 36.1 Å². The zero-order valence-electron chi connectivity index (χ0n) is 10.8. The van der Waals surface area contributed by atoms with Gasteiger partial charge in [0, 0.05) is 23.9 Å². The number of nitrogens with two attached hydrogens (primary N) is 1. The largest absolute Gasteiger partial charge is 0.464 e. The molecule has 0 aliphatic heterocycles. The van der Waals surface area contributed by atoms with Crippen molar-refractivity contribution in [1.29, 1.82) is 0 Å². The van der Waals surface area contributed by atoms with Crippen LogP contribution in [0.25, 0.3) is 11.0 Å². The molecule has 0 spiro atoms. The normalized spacial score (nSPS) is 22.2. The highest BCUT2D eigenvalue weighted by atomic mass is 16.3. The number of amides is 1. The van der Waals surface area contributed by atoms with Crippen molar-refractivity contribution in [3.8, 4) is 0 Å². The quantitative estimate of drug-likeness (QED) is 0.879. The van der Waals surface area contributed by atoms with E-state index in [0.717, 1.165) is 35.8 Å². The van der Waals surface area contributed by atoms with Crippen LogP contribution in [0.5, 0.6) is 0 Å². The second-order valence-corrected chi connectivity index (χ2v) is 5.23. The molecule has 1 amide bonds. The predicted molar refractivity (Wildman–Crippen MR) is 73.6 cm³/mol. The van der Waals surface area contributed by atoms with E-state index in [1.165, 1.54) is 0 Å². The highest BCUT2D eigenvalue weighted by Gasteiger charge is 2.31. The van der Waals surface area contributed by atoms with E-state index in [9.17, 15) is 4.79 Å². The molecule has 100 valence electrons. The SMILES string of the molecule is NC1CC(C(=O)NCCc2coc3ccccc23)C1. The van der Waals surface area contributed by atoms with Crippen LogP contribution in [0, 0.1) is 5.92 Å². The minimum Gasteiger partial charge on any atom is -0.464 e. The Morgan fingerprint density at radius 3 is 2.95 bits per heavy atom. The van der Waals surface area contributed by atoms with Gasteiger partial charge in [0.1, 0.15) is 5.58 Å². The molecule has 4 heteroatoms. The van der Waals surface area contributed by atoms with Crippen LogP contribution < -0.4 is 11.1 Å². The maximum atomic E-state index is 11.8. The summed E-state index contributed by atoms with van der Waals surface area (Å²) in [6.07, 6.45) is 4.21. The first kappa shape index (κ1) is 12.2. The summed E-state index contributed by atoms with van der Waals surface area (Å²) in [4.78, 5) is 11.8. The highest BCUT2D eigenvalue weighted by molar-refractivity contribution is 5.81. The molecule has 1 heterocycles. The third-order valence-corrected chi connectivity index (χ3v) is 3.80. The lowest BCUT2D eigenvalue weighted by molar-refractivity contribution is -0.127. The van der Waals surface area contributed by atoms with Crippen LogP contribution in [0.15, 0.2) is 34.9 Å². The summed E-state index contributed by atoms with van der Waals surface area (Å²) in [6.45, 7) is 0.647. The Morgan fingerprint density at radius 2 is 2.16 bits per heavy atom. The number of benzene rings is 1. The fraction of sp³-hybridized carbons (Fsp3) is 0.400. The molecule has 0 unspecified atom stereocenters. The monoisotopic (exact) mass is 258 g/mol. The molecule has 2 aromatic rings. The maximum absolute atomic E-state index is 11.8. The first-order valence-corrected chi connectivity index (χ1v) is 6.72. The van der Waals surface area contributed by atoms with Crippen LogP contribution in [0.4, 0.5) is 0 Å². The van der Waals surface area contributed by atoms with Crippen LogP contribution in [0.1, 0.15) is 18.4 Å². The van der Waals surface area contributed by atoms with Crippen LogP contribution >= 0.6 is 0 Å². The number of rotatable bonds is 4. The second kappa shape index (κ2) is 5.05. The Hall–Kier alpha value is -1.81. The molecule has 1 aromatic carbocycles. The van der Waals surface area contributed by atoms with Gasteiger partial charge in [-0.3, -0.25) is 4.79 Å². The maximum Gasteiger partial charge on any atom is 0.223 e. The molecular formula is C15H18N2O2. The topological polar surface area (TPSA) is 68.3 Å². The Balaban J connectivity index is 1.53. The number of hydrogen-bond acceptors (Lipinski definition) is 3. The Bertz CT molecular complexity index is 585. The lowest BCUT2D eigenvalue weighted by Gasteiger charge is -2.31. The smallest absolute Gasteiger partial charge is 0.223 e. The fourth-order valence-electron chi connectivity index (χ4n) is 2.57. The van der Waals surface area contributed by atoms with Gasteiger partial charge >= 0.3 is 0 Å². The van der Waals surface area contributed by atoms with Crippen LogP contribution in [0.2, 0.25) is 0 Å². The Kier molecular flexibility index (Phi) is 3.25. The van der Waals surface area contributed by atoms with Crippen molar-refractivity contribution >= 4 is 16.9 Å². The average Bonchev–Trinajstić information content (AvgIpc) is 2.79. The Labute approximate surface area is 112 Å².